The molecule has 1 saturated carbocycles. The average Bonchev–Trinajstić information content (AvgIpc) is 2.51. The Morgan fingerprint density at radius 3 is 2.29 bits per heavy atom. The maximum absolute atomic E-state index is 6.19. The van der Waals surface area contributed by atoms with Gasteiger partial charge < -0.3 is 23.7 Å². The highest BCUT2D eigenvalue weighted by Crippen LogP contribution is 2.41. The van der Waals surface area contributed by atoms with E-state index in [4.69, 9.17) is 35.3 Å². The van der Waals surface area contributed by atoms with E-state index in [1.807, 2.05) is 18.2 Å². The van der Waals surface area contributed by atoms with E-state index in [0.717, 1.165) is 6.42 Å². The van der Waals surface area contributed by atoms with Gasteiger partial charge in [0.25, 0.3) is 0 Å². The second kappa shape index (κ2) is 7.73. The van der Waals surface area contributed by atoms with Gasteiger partial charge in [-0.15, -0.1) is 11.6 Å². The Hall–Kier alpha value is -1.17. The molecule has 1 fully saturated rings. The summed E-state index contributed by atoms with van der Waals surface area (Å²) < 4.78 is 27.3. The van der Waals surface area contributed by atoms with Gasteiger partial charge in [0.05, 0.1) is 32.8 Å². The number of ether oxygens (including phenoxy) is 5. The minimum Gasteiger partial charge on any atom is -0.493 e. The highest BCUT2D eigenvalue weighted by Gasteiger charge is 2.43. The number of para-hydroxylation sites is 1. The molecule has 1 aromatic rings. The third kappa shape index (κ3) is 3.73. The molecular weight excluding hydrogens is 296 g/mol. The SMILES string of the molecule is COCCOC1C(Cl)CC1Oc1c(OC)cccc1OC. The molecule has 0 spiro atoms. The van der Waals surface area contributed by atoms with Crippen molar-refractivity contribution in [2.24, 2.45) is 0 Å². The Labute approximate surface area is 130 Å². The lowest BCUT2D eigenvalue weighted by Crippen LogP contribution is -2.53. The lowest BCUT2D eigenvalue weighted by Gasteiger charge is -2.40. The molecule has 3 atom stereocenters. The van der Waals surface area contributed by atoms with E-state index in [0.29, 0.717) is 30.5 Å². The predicted octanol–water partition coefficient (Wildman–Crippen LogP) is 2.49. The smallest absolute Gasteiger partial charge is 0.203 e. The molecule has 0 heterocycles. The largest absolute Gasteiger partial charge is 0.493 e. The number of hydrogen-bond acceptors (Lipinski definition) is 5. The van der Waals surface area contributed by atoms with Crippen LogP contribution in [0.1, 0.15) is 6.42 Å². The number of hydrogen-bond donors (Lipinski definition) is 0. The fourth-order valence-corrected chi connectivity index (χ4v) is 2.62. The van der Waals surface area contributed by atoms with Crippen molar-refractivity contribution in [3.8, 4) is 17.2 Å². The van der Waals surface area contributed by atoms with Crippen LogP contribution in [0.3, 0.4) is 0 Å². The summed E-state index contributed by atoms with van der Waals surface area (Å²) in [5.41, 5.74) is 0. The average molecular weight is 317 g/mol. The monoisotopic (exact) mass is 316 g/mol. The van der Waals surface area contributed by atoms with E-state index in [1.165, 1.54) is 0 Å². The minimum absolute atomic E-state index is 0.0486. The van der Waals surface area contributed by atoms with Crippen molar-refractivity contribution in [3.05, 3.63) is 18.2 Å². The van der Waals surface area contributed by atoms with E-state index in [1.54, 1.807) is 21.3 Å². The zero-order valence-corrected chi connectivity index (χ0v) is 13.3. The lowest BCUT2D eigenvalue weighted by atomic mass is 9.91. The van der Waals surface area contributed by atoms with Crippen molar-refractivity contribution in [1.29, 1.82) is 0 Å². The summed E-state index contributed by atoms with van der Waals surface area (Å²) in [6, 6.07) is 5.51. The zero-order chi connectivity index (χ0) is 15.2. The van der Waals surface area contributed by atoms with E-state index < -0.39 is 0 Å². The Morgan fingerprint density at radius 2 is 1.76 bits per heavy atom. The first-order valence-corrected chi connectivity index (χ1v) is 7.27. The maximum Gasteiger partial charge on any atom is 0.203 e. The fraction of sp³-hybridized carbons (Fsp3) is 0.600. The minimum atomic E-state index is -0.156. The van der Waals surface area contributed by atoms with E-state index >= 15 is 0 Å². The van der Waals surface area contributed by atoms with Crippen molar-refractivity contribution in [1.82, 2.24) is 0 Å². The molecule has 0 N–H and O–H groups in total. The molecule has 1 aliphatic carbocycles. The topological polar surface area (TPSA) is 46.2 Å². The molecule has 1 aromatic carbocycles. The summed E-state index contributed by atoms with van der Waals surface area (Å²) >= 11 is 6.19. The first-order valence-electron chi connectivity index (χ1n) is 6.83. The Morgan fingerprint density at radius 1 is 1.10 bits per heavy atom. The number of halogens is 1. The molecule has 3 unspecified atom stereocenters. The Balaban J connectivity index is 2.04. The highest BCUT2D eigenvalue weighted by atomic mass is 35.5. The summed E-state index contributed by atoms with van der Waals surface area (Å²) in [6.45, 7) is 1.03. The van der Waals surface area contributed by atoms with Gasteiger partial charge >= 0.3 is 0 Å². The van der Waals surface area contributed by atoms with Gasteiger partial charge in [-0.05, 0) is 12.1 Å². The molecule has 0 radical (unpaired) electrons. The summed E-state index contributed by atoms with van der Waals surface area (Å²) in [6.07, 6.45) is 0.450. The highest BCUT2D eigenvalue weighted by molar-refractivity contribution is 6.21. The fourth-order valence-electron chi connectivity index (χ4n) is 2.21. The van der Waals surface area contributed by atoms with Gasteiger partial charge in [0.15, 0.2) is 11.5 Å². The van der Waals surface area contributed by atoms with Crippen molar-refractivity contribution in [3.63, 3.8) is 0 Å². The summed E-state index contributed by atoms with van der Waals surface area (Å²) in [7, 11) is 4.83. The molecule has 0 aliphatic heterocycles. The molecule has 0 amide bonds. The second-order valence-corrected chi connectivity index (χ2v) is 5.29. The van der Waals surface area contributed by atoms with Crippen LogP contribution in [0.2, 0.25) is 0 Å². The van der Waals surface area contributed by atoms with E-state index in [9.17, 15) is 0 Å². The molecule has 6 heteroatoms. The number of benzene rings is 1. The van der Waals surface area contributed by atoms with Crippen molar-refractivity contribution < 1.29 is 23.7 Å². The van der Waals surface area contributed by atoms with E-state index in [2.05, 4.69) is 0 Å². The second-order valence-electron chi connectivity index (χ2n) is 4.73. The van der Waals surface area contributed by atoms with Gasteiger partial charge in [-0.2, -0.15) is 0 Å². The Bertz CT molecular complexity index is 431. The van der Waals surface area contributed by atoms with Gasteiger partial charge in [0.1, 0.15) is 12.2 Å². The third-order valence-electron chi connectivity index (χ3n) is 3.43. The molecule has 21 heavy (non-hydrogen) atoms. The van der Waals surface area contributed by atoms with Crippen molar-refractivity contribution in [2.75, 3.05) is 34.5 Å². The van der Waals surface area contributed by atoms with Crippen LogP contribution in [0.5, 0.6) is 17.2 Å². The van der Waals surface area contributed by atoms with Gasteiger partial charge in [-0.25, -0.2) is 0 Å². The molecule has 1 aliphatic rings. The van der Waals surface area contributed by atoms with Crippen molar-refractivity contribution in [2.45, 2.75) is 24.0 Å². The first kappa shape index (κ1) is 16.2. The van der Waals surface area contributed by atoms with Crippen LogP contribution >= 0.6 is 11.6 Å². The number of methoxy groups -OCH3 is 3. The molecule has 2 rings (SSSR count). The predicted molar refractivity (Wildman–Crippen MR) is 79.8 cm³/mol. The molecule has 5 nitrogen and oxygen atoms in total. The third-order valence-corrected chi connectivity index (χ3v) is 3.86. The standard InChI is InChI=1S/C15H21ClO5/c1-17-7-8-20-14-10(16)9-13(14)21-15-11(18-2)5-4-6-12(15)19-3/h4-6,10,13-14H,7-9H2,1-3H3. The van der Waals surface area contributed by atoms with Gasteiger partial charge in [-0.3, -0.25) is 0 Å². The van der Waals surface area contributed by atoms with Gasteiger partial charge in [-0.1, -0.05) is 6.07 Å². The van der Waals surface area contributed by atoms with Crippen LogP contribution in [-0.2, 0) is 9.47 Å². The summed E-state index contributed by atoms with van der Waals surface area (Å²) in [5.74, 6) is 1.84. The molecule has 0 bridgehead atoms. The summed E-state index contributed by atoms with van der Waals surface area (Å²) in [4.78, 5) is 0. The van der Waals surface area contributed by atoms with Crippen molar-refractivity contribution >= 4 is 11.6 Å². The normalized spacial score (nSPS) is 24.3. The van der Waals surface area contributed by atoms with Crippen LogP contribution in [-0.4, -0.2) is 52.1 Å². The van der Waals surface area contributed by atoms with E-state index in [-0.39, 0.29) is 17.6 Å². The van der Waals surface area contributed by atoms with Crippen LogP contribution in [0.15, 0.2) is 18.2 Å². The molecule has 0 saturated heterocycles. The van der Waals surface area contributed by atoms with Crippen LogP contribution < -0.4 is 14.2 Å². The number of alkyl halides is 1. The van der Waals surface area contributed by atoms with Gasteiger partial charge in [0, 0.05) is 13.5 Å². The van der Waals surface area contributed by atoms with Crippen LogP contribution in [0.4, 0.5) is 0 Å². The quantitative estimate of drug-likeness (QED) is 0.545. The lowest BCUT2D eigenvalue weighted by molar-refractivity contribution is -0.0908. The van der Waals surface area contributed by atoms with Gasteiger partial charge in [0.2, 0.25) is 5.75 Å². The Kier molecular flexibility index (Phi) is 5.96. The molecular formula is C15H21ClO5. The maximum atomic E-state index is 6.19. The molecule has 0 aromatic heterocycles. The zero-order valence-electron chi connectivity index (χ0n) is 12.5. The summed E-state index contributed by atoms with van der Waals surface area (Å²) in [5, 5.41) is -0.0486. The molecule has 118 valence electrons. The first-order chi connectivity index (χ1) is 10.2. The van der Waals surface area contributed by atoms with Crippen LogP contribution in [0.25, 0.3) is 0 Å². The number of rotatable bonds is 8. The van der Waals surface area contributed by atoms with Crippen LogP contribution in [0, 0.1) is 0 Å².